The van der Waals surface area contributed by atoms with Gasteiger partial charge in [0.1, 0.15) is 0 Å². The third-order valence-corrected chi connectivity index (χ3v) is 4.53. The molecule has 0 aromatic carbocycles. The molecule has 2 N–H and O–H groups in total. The molecule has 0 unspecified atom stereocenters. The molecule has 0 atom stereocenters. The summed E-state index contributed by atoms with van der Waals surface area (Å²) in [6.07, 6.45) is 2.99. The quantitative estimate of drug-likeness (QED) is 0.861. The third-order valence-electron chi connectivity index (χ3n) is 3.66. The minimum Gasteiger partial charge on any atom is -0.481 e. The van der Waals surface area contributed by atoms with Gasteiger partial charge in [-0.3, -0.25) is 9.59 Å². The fourth-order valence-electron chi connectivity index (χ4n) is 2.37. The first-order valence-electron chi connectivity index (χ1n) is 6.05. The van der Waals surface area contributed by atoms with Crippen molar-refractivity contribution in [3.63, 3.8) is 0 Å². The van der Waals surface area contributed by atoms with Gasteiger partial charge in [0, 0.05) is 11.9 Å². The normalized spacial score (nSPS) is 16.9. The number of carboxylic acids is 1. The summed E-state index contributed by atoms with van der Waals surface area (Å²) in [7, 11) is 0. The molecule has 1 heterocycles. The molecule has 1 fully saturated rings. The van der Waals surface area contributed by atoms with Crippen molar-refractivity contribution >= 4 is 23.2 Å². The van der Waals surface area contributed by atoms with Crippen LogP contribution < -0.4 is 5.32 Å². The maximum atomic E-state index is 11.9. The van der Waals surface area contributed by atoms with Gasteiger partial charge in [-0.1, -0.05) is 6.42 Å². The lowest BCUT2D eigenvalue weighted by molar-refractivity contribution is -0.141. The number of amides is 1. The third kappa shape index (κ3) is 2.72. The monoisotopic (exact) mass is 267 g/mol. The number of thiophene rings is 1. The summed E-state index contributed by atoms with van der Waals surface area (Å²) in [5, 5.41) is 15.5. The second-order valence-electron chi connectivity index (χ2n) is 5.08. The van der Waals surface area contributed by atoms with Crippen molar-refractivity contribution in [1.29, 1.82) is 0 Å². The summed E-state index contributed by atoms with van der Waals surface area (Å²) < 4.78 is 0. The fraction of sp³-hybridized carbons (Fsp3) is 0.538. The van der Waals surface area contributed by atoms with Crippen LogP contribution in [0.1, 0.15) is 41.6 Å². The molecule has 0 radical (unpaired) electrons. The number of aliphatic carboxylic acids is 1. The standard InChI is InChI=1S/C13H17NO3S/c1-9-6-18-7-10(9)12(17)14-8-13(3-2-4-13)5-11(15)16/h6-7H,2-5,8H2,1H3,(H,14,17)(H,15,16). The predicted molar refractivity (Wildman–Crippen MR) is 69.9 cm³/mol. The van der Waals surface area contributed by atoms with Gasteiger partial charge in [-0.15, -0.1) is 0 Å². The number of carbonyl (C=O) groups excluding carboxylic acids is 1. The average Bonchev–Trinajstić information content (AvgIpc) is 2.67. The van der Waals surface area contributed by atoms with Gasteiger partial charge in [-0.05, 0) is 36.1 Å². The van der Waals surface area contributed by atoms with E-state index >= 15 is 0 Å². The van der Waals surface area contributed by atoms with Gasteiger partial charge in [0.2, 0.25) is 0 Å². The highest BCUT2D eigenvalue weighted by Gasteiger charge is 2.39. The Morgan fingerprint density at radius 3 is 2.61 bits per heavy atom. The second kappa shape index (κ2) is 5.10. The summed E-state index contributed by atoms with van der Waals surface area (Å²) in [5.41, 5.74) is 1.45. The van der Waals surface area contributed by atoms with Crippen LogP contribution in [0.3, 0.4) is 0 Å². The SMILES string of the molecule is Cc1cscc1C(=O)NCC1(CC(=O)O)CCC1. The lowest BCUT2D eigenvalue weighted by atomic mass is 9.66. The molecule has 2 rings (SSSR count). The average molecular weight is 267 g/mol. The van der Waals surface area contributed by atoms with Crippen LogP contribution in [0.4, 0.5) is 0 Å². The van der Waals surface area contributed by atoms with Crippen molar-refractivity contribution in [3.8, 4) is 0 Å². The maximum Gasteiger partial charge on any atom is 0.303 e. The van der Waals surface area contributed by atoms with E-state index in [2.05, 4.69) is 5.32 Å². The number of carboxylic acid groups (broad SMARTS) is 1. The van der Waals surface area contributed by atoms with E-state index in [-0.39, 0.29) is 17.7 Å². The van der Waals surface area contributed by atoms with E-state index in [1.165, 1.54) is 11.3 Å². The molecule has 0 aliphatic heterocycles. The van der Waals surface area contributed by atoms with Crippen molar-refractivity contribution in [3.05, 3.63) is 21.9 Å². The summed E-state index contributed by atoms with van der Waals surface area (Å²) in [6.45, 7) is 2.37. The smallest absolute Gasteiger partial charge is 0.303 e. The topological polar surface area (TPSA) is 66.4 Å². The van der Waals surface area contributed by atoms with Crippen molar-refractivity contribution < 1.29 is 14.7 Å². The van der Waals surface area contributed by atoms with Crippen molar-refractivity contribution in [2.24, 2.45) is 5.41 Å². The van der Waals surface area contributed by atoms with E-state index in [0.717, 1.165) is 24.8 Å². The first-order valence-corrected chi connectivity index (χ1v) is 6.99. The molecule has 98 valence electrons. The molecule has 18 heavy (non-hydrogen) atoms. The first-order chi connectivity index (χ1) is 8.52. The molecule has 1 amide bonds. The Morgan fingerprint density at radius 1 is 1.44 bits per heavy atom. The molecule has 1 saturated carbocycles. The molecule has 0 saturated heterocycles. The van der Waals surface area contributed by atoms with E-state index < -0.39 is 5.97 Å². The van der Waals surface area contributed by atoms with E-state index in [4.69, 9.17) is 5.11 Å². The number of nitrogens with one attached hydrogen (secondary N) is 1. The van der Waals surface area contributed by atoms with Crippen LogP contribution in [-0.4, -0.2) is 23.5 Å². The number of carbonyl (C=O) groups is 2. The van der Waals surface area contributed by atoms with Gasteiger partial charge in [0.25, 0.3) is 5.91 Å². The highest BCUT2D eigenvalue weighted by atomic mass is 32.1. The second-order valence-corrected chi connectivity index (χ2v) is 5.82. The Kier molecular flexibility index (Phi) is 3.71. The van der Waals surface area contributed by atoms with Crippen LogP contribution in [-0.2, 0) is 4.79 Å². The molecule has 1 aliphatic carbocycles. The van der Waals surface area contributed by atoms with Gasteiger partial charge in [-0.2, -0.15) is 11.3 Å². The zero-order valence-corrected chi connectivity index (χ0v) is 11.2. The molecular weight excluding hydrogens is 250 g/mol. The van der Waals surface area contributed by atoms with Gasteiger partial charge in [0.05, 0.1) is 12.0 Å². The molecule has 4 nitrogen and oxygen atoms in total. The zero-order valence-electron chi connectivity index (χ0n) is 10.4. The summed E-state index contributed by atoms with van der Waals surface area (Å²) in [4.78, 5) is 22.8. The van der Waals surface area contributed by atoms with E-state index in [1.807, 2.05) is 17.7 Å². The minimum absolute atomic E-state index is 0.0922. The Morgan fingerprint density at radius 2 is 2.17 bits per heavy atom. The van der Waals surface area contributed by atoms with Crippen LogP contribution in [0.5, 0.6) is 0 Å². The number of hydrogen-bond acceptors (Lipinski definition) is 3. The summed E-state index contributed by atoms with van der Waals surface area (Å²) in [6, 6.07) is 0. The highest BCUT2D eigenvalue weighted by Crippen LogP contribution is 2.43. The Labute approximate surface area is 110 Å². The molecule has 1 aromatic heterocycles. The van der Waals surface area contributed by atoms with E-state index in [0.29, 0.717) is 12.1 Å². The molecule has 1 aromatic rings. The van der Waals surface area contributed by atoms with Crippen LogP contribution in [0.25, 0.3) is 0 Å². The molecule has 0 bridgehead atoms. The lowest BCUT2D eigenvalue weighted by Crippen LogP contribution is -2.43. The van der Waals surface area contributed by atoms with E-state index in [1.54, 1.807) is 0 Å². The van der Waals surface area contributed by atoms with Crippen LogP contribution >= 0.6 is 11.3 Å². The largest absolute Gasteiger partial charge is 0.481 e. The van der Waals surface area contributed by atoms with Crippen LogP contribution in [0.2, 0.25) is 0 Å². The maximum absolute atomic E-state index is 11.9. The van der Waals surface area contributed by atoms with Crippen molar-refractivity contribution in [2.45, 2.75) is 32.6 Å². The predicted octanol–water partition coefficient (Wildman–Crippen LogP) is 2.43. The van der Waals surface area contributed by atoms with Gasteiger partial charge in [0.15, 0.2) is 0 Å². The highest BCUT2D eigenvalue weighted by molar-refractivity contribution is 7.08. The van der Waals surface area contributed by atoms with Gasteiger partial charge < -0.3 is 10.4 Å². The summed E-state index contributed by atoms with van der Waals surface area (Å²) >= 11 is 1.50. The van der Waals surface area contributed by atoms with Crippen molar-refractivity contribution in [2.75, 3.05) is 6.54 Å². The van der Waals surface area contributed by atoms with Gasteiger partial charge in [-0.25, -0.2) is 0 Å². The minimum atomic E-state index is -0.782. The Hall–Kier alpha value is -1.36. The molecule has 5 heteroatoms. The number of aryl methyl sites for hydroxylation is 1. The number of hydrogen-bond donors (Lipinski definition) is 2. The summed E-state index contributed by atoms with van der Waals surface area (Å²) in [5.74, 6) is -0.874. The Bertz CT molecular complexity index is 463. The molecular formula is C13H17NO3S. The zero-order chi connectivity index (χ0) is 13.2. The molecule has 0 spiro atoms. The van der Waals surface area contributed by atoms with Crippen LogP contribution in [0.15, 0.2) is 10.8 Å². The fourth-order valence-corrected chi connectivity index (χ4v) is 3.20. The van der Waals surface area contributed by atoms with Crippen LogP contribution in [0, 0.1) is 12.3 Å². The molecule has 1 aliphatic rings. The lowest BCUT2D eigenvalue weighted by Gasteiger charge is -2.40. The first kappa shape index (κ1) is 13.1. The number of rotatable bonds is 5. The Balaban J connectivity index is 1.93. The van der Waals surface area contributed by atoms with E-state index in [9.17, 15) is 9.59 Å². The van der Waals surface area contributed by atoms with Crippen molar-refractivity contribution in [1.82, 2.24) is 5.32 Å². The van der Waals surface area contributed by atoms with Gasteiger partial charge >= 0.3 is 5.97 Å².